The molecular weight excluding hydrogens is 456 g/mol. The number of para-hydroxylation sites is 1. The molecule has 1 atom stereocenters. The fourth-order valence-electron chi connectivity index (χ4n) is 5.04. The molecule has 0 spiro atoms. The third-order valence-corrected chi connectivity index (χ3v) is 6.83. The molecule has 1 N–H and O–H groups in total. The number of carbonyl (C=O) groups excluding carboxylic acids is 3. The van der Waals surface area contributed by atoms with E-state index in [4.69, 9.17) is 9.47 Å². The maximum Gasteiger partial charge on any atom is 0.336 e. The molecule has 7 nitrogen and oxygen atoms in total. The molecule has 190 valence electrons. The summed E-state index contributed by atoms with van der Waals surface area (Å²) >= 11 is 0. The summed E-state index contributed by atoms with van der Waals surface area (Å²) < 4.78 is 11.3. The number of rotatable bonds is 8. The molecule has 0 aromatic heterocycles. The zero-order chi connectivity index (χ0) is 25.5. The highest BCUT2D eigenvalue weighted by Crippen LogP contribution is 2.38. The maximum absolute atomic E-state index is 13.2. The van der Waals surface area contributed by atoms with Gasteiger partial charge in [-0.2, -0.15) is 0 Å². The van der Waals surface area contributed by atoms with Crippen molar-refractivity contribution < 1.29 is 23.9 Å². The predicted octanol–water partition coefficient (Wildman–Crippen LogP) is 5.08. The second kappa shape index (κ2) is 11.9. The molecule has 1 fully saturated rings. The highest BCUT2D eigenvalue weighted by atomic mass is 16.5. The van der Waals surface area contributed by atoms with Crippen LogP contribution in [0.4, 0.5) is 0 Å². The van der Waals surface area contributed by atoms with Gasteiger partial charge in [0, 0.05) is 24.1 Å². The molecule has 2 aliphatic rings. The maximum atomic E-state index is 13.2. The molecule has 2 aromatic rings. The van der Waals surface area contributed by atoms with Crippen LogP contribution in [0, 0.1) is 0 Å². The molecule has 1 saturated carbocycles. The van der Waals surface area contributed by atoms with Crippen LogP contribution in [0.2, 0.25) is 0 Å². The van der Waals surface area contributed by atoms with Gasteiger partial charge >= 0.3 is 5.97 Å². The van der Waals surface area contributed by atoms with Gasteiger partial charge in [0.2, 0.25) is 11.8 Å². The summed E-state index contributed by atoms with van der Waals surface area (Å²) in [6, 6.07) is 17.0. The van der Waals surface area contributed by atoms with Crippen molar-refractivity contribution in [2.75, 3.05) is 13.2 Å². The molecule has 0 bridgehead atoms. The van der Waals surface area contributed by atoms with E-state index in [0.29, 0.717) is 22.8 Å². The quantitative estimate of drug-likeness (QED) is 0.522. The van der Waals surface area contributed by atoms with Crippen LogP contribution in [0.1, 0.15) is 63.9 Å². The molecule has 36 heavy (non-hydrogen) atoms. The fourth-order valence-corrected chi connectivity index (χ4v) is 5.04. The van der Waals surface area contributed by atoms with Gasteiger partial charge in [0.15, 0.2) is 0 Å². The number of nitrogens with zero attached hydrogens (tertiary/aromatic N) is 1. The highest BCUT2D eigenvalue weighted by molar-refractivity contribution is 5.97. The lowest BCUT2D eigenvalue weighted by atomic mass is 9.83. The Morgan fingerprint density at radius 2 is 1.72 bits per heavy atom. The van der Waals surface area contributed by atoms with Crippen LogP contribution < -0.4 is 10.1 Å². The first-order valence-corrected chi connectivity index (χ1v) is 12.8. The Balaban J connectivity index is 1.59. The molecule has 7 heteroatoms. The molecule has 1 unspecified atom stereocenters. The Morgan fingerprint density at radius 3 is 2.44 bits per heavy atom. The first-order chi connectivity index (χ1) is 17.5. The van der Waals surface area contributed by atoms with Crippen molar-refractivity contribution in [1.82, 2.24) is 10.2 Å². The molecule has 1 heterocycles. The van der Waals surface area contributed by atoms with E-state index in [1.54, 1.807) is 13.8 Å². The number of ether oxygens (including phenoxy) is 2. The van der Waals surface area contributed by atoms with E-state index in [0.717, 1.165) is 31.2 Å². The molecule has 0 saturated heterocycles. The van der Waals surface area contributed by atoms with E-state index in [-0.39, 0.29) is 37.4 Å². The van der Waals surface area contributed by atoms with Crippen LogP contribution in [-0.4, -0.2) is 41.9 Å². The second-order valence-electron chi connectivity index (χ2n) is 9.35. The number of esters is 1. The van der Waals surface area contributed by atoms with Gasteiger partial charge in [0.05, 0.1) is 12.2 Å². The van der Waals surface area contributed by atoms with Crippen LogP contribution in [-0.2, 0) is 19.1 Å². The number of hydrogen-bond donors (Lipinski definition) is 1. The first kappa shape index (κ1) is 25.5. The Morgan fingerprint density at radius 1 is 1.00 bits per heavy atom. The van der Waals surface area contributed by atoms with Gasteiger partial charge in [0.25, 0.3) is 0 Å². The minimum absolute atomic E-state index is 0.0665. The number of hydrogen-bond acceptors (Lipinski definition) is 5. The second-order valence-corrected chi connectivity index (χ2v) is 9.35. The number of nitrogens with one attached hydrogen (secondary N) is 1. The Hall–Kier alpha value is -3.61. The van der Waals surface area contributed by atoms with E-state index in [1.165, 1.54) is 11.3 Å². The van der Waals surface area contributed by atoms with Gasteiger partial charge in [-0.25, -0.2) is 4.79 Å². The van der Waals surface area contributed by atoms with Crippen LogP contribution in [0.25, 0.3) is 0 Å². The lowest BCUT2D eigenvalue weighted by Crippen LogP contribution is -2.46. The summed E-state index contributed by atoms with van der Waals surface area (Å²) in [5.41, 5.74) is 1.65. The summed E-state index contributed by atoms with van der Waals surface area (Å²) in [5, 5.41) is 3.06. The van der Waals surface area contributed by atoms with Crippen molar-refractivity contribution in [3.63, 3.8) is 0 Å². The van der Waals surface area contributed by atoms with Crippen molar-refractivity contribution in [3.8, 4) is 11.5 Å². The summed E-state index contributed by atoms with van der Waals surface area (Å²) in [6.07, 6.45) is 5.40. The monoisotopic (exact) mass is 490 g/mol. The SMILES string of the molecule is CCOC(=O)C1=C(C)N(CC(=O)NC2CCCCC2)C(=O)CC1c1cccc(Oc2ccccc2)c1. The standard InChI is InChI=1S/C29H34N2O5/c1-3-35-29(34)28-20(2)31(19-26(32)30-22-12-6-4-7-13-22)27(33)18-25(28)21-11-10-16-24(17-21)36-23-14-8-5-9-15-23/h5,8-11,14-17,22,25H,3-4,6-7,12-13,18-19H2,1-2H3,(H,30,32). The average Bonchev–Trinajstić information content (AvgIpc) is 2.87. The molecule has 4 rings (SSSR count). The zero-order valence-electron chi connectivity index (χ0n) is 21.0. The van der Waals surface area contributed by atoms with Crippen molar-refractivity contribution >= 4 is 17.8 Å². The van der Waals surface area contributed by atoms with Crippen LogP contribution in [0.5, 0.6) is 11.5 Å². The summed E-state index contributed by atoms with van der Waals surface area (Å²) in [5.74, 6) is -0.0514. The number of carbonyl (C=O) groups is 3. The Bertz CT molecular complexity index is 1120. The number of amides is 2. The van der Waals surface area contributed by atoms with Crippen molar-refractivity contribution in [2.24, 2.45) is 0 Å². The third-order valence-electron chi connectivity index (χ3n) is 6.83. The van der Waals surface area contributed by atoms with Gasteiger partial charge in [-0.1, -0.05) is 49.6 Å². The summed E-state index contributed by atoms with van der Waals surface area (Å²) in [7, 11) is 0. The van der Waals surface area contributed by atoms with Crippen LogP contribution in [0.15, 0.2) is 65.9 Å². The Kier molecular flexibility index (Phi) is 8.41. The fraction of sp³-hybridized carbons (Fsp3) is 0.414. The first-order valence-electron chi connectivity index (χ1n) is 12.8. The van der Waals surface area contributed by atoms with E-state index in [1.807, 2.05) is 54.6 Å². The molecule has 2 amide bonds. The van der Waals surface area contributed by atoms with Gasteiger partial charge in [-0.15, -0.1) is 0 Å². The van der Waals surface area contributed by atoms with Crippen molar-refractivity contribution in [1.29, 1.82) is 0 Å². The lowest BCUT2D eigenvalue weighted by molar-refractivity contribution is -0.141. The predicted molar refractivity (Wildman–Crippen MR) is 136 cm³/mol. The van der Waals surface area contributed by atoms with Crippen molar-refractivity contribution in [2.45, 2.75) is 64.3 Å². The van der Waals surface area contributed by atoms with Crippen LogP contribution >= 0.6 is 0 Å². The normalized spacial score (nSPS) is 18.7. The van der Waals surface area contributed by atoms with Crippen LogP contribution in [0.3, 0.4) is 0 Å². The molecule has 0 radical (unpaired) electrons. The smallest absolute Gasteiger partial charge is 0.336 e. The lowest BCUT2D eigenvalue weighted by Gasteiger charge is -2.34. The Labute approximate surface area is 212 Å². The number of allylic oxidation sites excluding steroid dienone is 1. The van der Waals surface area contributed by atoms with E-state index in [2.05, 4.69) is 5.32 Å². The minimum atomic E-state index is -0.492. The van der Waals surface area contributed by atoms with E-state index >= 15 is 0 Å². The zero-order valence-corrected chi connectivity index (χ0v) is 21.0. The van der Waals surface area contributed by atoms with Gasteiger partial charge in [0.1, 0.15) is 18.0 Å². The molecule has 1 aliphatic heterocycles. The summed E-state index contributed by atoms with van der Waals surface area (Å²) in [4.78, 5) is 40.5. The molecular formula is C29H34N2O5. The number of benzene rings is 2. The topological polar surface area (TPSA) is 84.9 Å². The highest BCUT2D eigenvalue weighted by Gasteiger charge is 2.38. The molecule has 1 aliphatic carbocycles. The van der Waals surface area contributed by atoms with Gasteiger partial charge in [-0.3, -0.25) is 9.59 Å². The van der Waals surface area contributed by atoms with E-state index < -0.39 is 11.9 Å². The van der Waals surface area contributed by atoms with Gasteiger partial charge < -0.3 is 19.7 Å². The minimum Gasteiger partial charge on any atom is -0.463 e. The van der Waals surface area contributed by atoms with Crippen molar-refractivity contribution in [3.05, 3.63) is 71.4 Å². The largest absolute Gasteiger partial charge is 0.463 e. The average molecular weight is 491 g/mol. The summed E-state index contributed by atoms with van der Waals surface area (Å²) in [6.45, 7) is 3.58. The third kappa shape index (κ3) is 6.14. The molecule has 2 aromatic carbocycles. The van der Waals surface area contributed by atoms with Gasteiger partial charge in [-0.05, 0) is 56.5 Å². The van der Waals surface area contributed by atoms with E-state index in [9.17, 15) is 14.4 Å².